The molecule has 0 radical (unpaired) electrons. The van der Waals surface area contributed by atoms with Gasteiger partial charge in [-0.1, -0.05) is 104 Å². The lowest BCUT2D eigenvalue weighted by Crippen LogP contribution is -2.44. The number of carbonyl (C=O) groups excluding carboxylic acids is 2. The van der Waals surface area contributed by atoms with Crippen LogP contribution in [0.25, 0.3) is 0 Å². The lowest BCUT2D eigenvalue weighted by Gasteiger charge is -2.20. The number of hydrogen-bond acceptors (Lipinski definition) is 7. The van der Waals surface area contributed by atoms with Crippen molar-refractivity contribution < 1.29 is 34.1 Å². The summed E-state index contributed by atoms with van der Waals surface area (Å²) >= 11 is 0. The van der Waals surface area contributed by atoms with Crippen LogP contribution in [0.4, 0.5) is 0 Å². The third-order valence-corrected chi connectivity index (χ3v) is 6.91. The summed E-state index contributed by atoms with van der Waals surface area (Å²) in [4.78, 5) is 47.7. The summed E-state index contributed by atoms with van der Waals surface area (Å²) in [6.45, 7) is 5.44. The molecule has 0 fully saturated rings. The molecule has 228 valence electrons. The molecule has 39 heavy (non-hydrogen) atoms. The number of carboxylic acids is 2. The second-order valence-corrected chi connectivity index (χ2v) is 10.6. The van der Waals surface area contributed by atoms with E-state index in [-0.39, 0.29) is 25.7 Å². The predicted octanol–water partition coefficient (Wildman–Crippen LogP) is 5.98. The highest BCUT2D eigenvalue weighted by Crippen LogP contribution is 2.11. The van der Waals surface area contributed by atoms with Crippen LogP contribution in [-0.2, 0) is 23.9 Å². The van der Waals surface area contributed by atoms with Crippen LogP contribution in [0, 0.1) is 0 Å². The Kier molecular flexibility index (Phi) is 24.9. The zero-order chi connectivity index (χ0) is 29.1. The van der Waals surface area contributed by atoms with Crippen molar-refractivity contribution in [2.75, 3.05) is 13.1 Å². The number of esters is 2. The van der Waals surface area contributed by atoms with Crippen molar-refractivity contribution in [3.8, 4) is 0 Å². The van der Waals surface area contributed by atoms with Crippen molar-refractivity contribution >= 4 is 23.9 Å². The summed E-state index contributed by atoms with van der Waals surface area (Å²) in [5, 5.41) is 24.3. The molecule has 0 saturated carbocycles. The van der Waals surface area contributed by atoms with E-state index in [1.54, 1.807) is 0 Å². The van der Waals surface area contributed by atoms with Crippen LogP contribution >= 0.6 is 0 Å². The van der Waals surface area contributed by atoms with E-state index >= 15 is 0 Å². The molecule has 2 unspecified atom stereocenters. The molecular weight excluding hydrogens is 500 g/mol. The van der Waals surface area contributed by atoms with E-state index in [9.17, 15) is 19.2 Å². The number of unbranched alkanes of at least 4 members (excludes halogenated alkanes) is 14. The van der Waals surface area contributed by atoms with Crippen LogP contribution in [0.15, 0.2) is 0 Å². The van der Waals surface area contributed by atoms with Gasteiger partial charge in [0.05, 0.1) is 0 Å². The molecule has 0 aromatic rings. The highest BCUT2D eigenvalue weighted by molar-refractivity contribution is 5.91. The minimum Gasteiger partial charge on any atom is -0.481 e. The second-order valence-electron chi connectivity index (χ2n) is 10.6. The van der Waals surface area contributed by atoms with Crippen LogP contribution in [0.1, 0.15) is 142 Å². The van der Waals surface area contributed by atoms with E-state index in [1.165, 1.54) is 64.2 Å². The maximum Gasteiger partial charge on any atom is 0.330 e. The molecule has 0 aliphatic rings. The molecule has 0 aromatic heterocycles. The van der Waals surface area contributed by atoms with E-state index in [0.717, 1.165) is 38.5 Å². The topological polar surface area (TPSA) is 142 Å². The highest BCUT2D eigenvalue weighted by Gasteiger charge is 2.27. The fourth-order valence-electron chi connectivity index (χ4n) is 4.45. The number of carboxylic acid groups (broad SMARTS) is 2. The van der Waals surface area contributed by atoms with Crippen LogP contribution in [0.5, 0.6) is 0 Å². The second kappa shape index (κ2) is 26.2. The quantitative estimate of drug-likeness (QED) is 0.0519. The number of hydrogen-bond donors (Lipinski definition) is 4. The Morgan fingerprint density at radius 3 is 1.15 bits per heavy atom. The number of aliphatic carboxylic acids is 2. The molecule has 0 heterocycles. The first-order valence-electron chi connectivity index (χ1n) is 15.5. The molecule has 4 N–H and O–H groups in total. The van der Waals surface area contributed by atoms with E-state index in [0.29, 0.717) is 13.1 Å². The number of nitrogens with one attached hydrogen (secondary N) is 2. The van der Waals surface area contributed by atoms with Gasteiger partial charge in [0, 0.05) is 12.8 Å². The normalized spacial score (nSPS) is 12.7. The Morgan fingerprint density at radius 2 is 0.846 bits per heavy atom. The summed E-state index contributed by atoms with van der Waals surface area (Å²) in [6, 6.07) is -1.80. The first kappa shape index (κ1) is 37.0. The van der Waals surface area contributed by atoms with Crippen molar-refractivity contribution in [3.05, 3.63) is 0 Å². The first-order valence-corrected chi connectivity index (χ1v) is 15.5. The summed E-state index contributed by atoms with van der Waals surface area (Å²) < 4.78 is 5.12. The Hall–Kier alpha value is -2.00. The smallest absolute Gasteiger partial charge is 0.330 e. The minimum absolute atomic E-state index is 0.0178. The molecule has 0 aliphatic heterocycles. The lowest BCUT2D eigenvalue weighted by molar-refractivity contribution is -0.163. The largest absolute Gasteiger partial charge is 0.481 e. The molecule has 0 aromatic carbocycles. The molecule has 2 atom stereocenters. The molecule has 0 saturated heterocycles. The molecule has 0 rings (SSSR count). The Bertz CT molecular complexity index is 603. The van der Waals surface area contributed by atoms with Gasteiger partial charge in [-0.25, -0.2) is 9.59 Å². The predicted molar refractivity (Wildman–Crippen MR) is 154 cm³/mol. The SMILES string of the molecule is CCCCCCCCCCNC(CCC(=O)O)C(=O)OC(=O)C(CCC(=O)O)NCCCCCCCCCC. The molecule has 9 nitrogen and oxygen atoms in total. The van der Waals surface area contributed by atoms with Crippen molar-refractivity contribution in [2.45, 2.75) is 154 Å². The van der Waals surface area contributed by atoms with Crippen LogP contribution < -0.4 is 10.6 Å². The van der Waals surface area contributed by atoms with Gasteiger partial charge in [-0.2, -0.15) is 0 Å². The number of ether oxygens (including phenoxy) is 1. The van der Waals surface area contributed by atoms with Gasteiger partial charge in [-0.15, -0.1) is 0 Å². The standard InChI is InChI=1S/C30H56N2O7/c1-3-5-7-9-11-13-15-17-23-31-25(19-21-27(33)34)29(37)39-30(38)26(20-22-28(35)36)32-24-18-16-14-12-10-8-6-4-2/h25-26,31-32H,3-24H2,1-2H3,(H,33,34)(H,35,36). The minimum atomic E-state index is -1.03. The van der Waals surface area contributed by atoms with Gasteiger partial charge in [0.15, 0.2) is 0 Å². The van der Waals surface area contributed by atoms with E-state index in [4.69, 9.17) is 14.9 Å². The number of carbonyl (C=O) groups is 4. The van der Waals surface area contributed by atoms with Gasteiger partial charge in [0.1, 0.15) is 12.1 Å². The number of rotatable bonds is 28. The third kappa shape index (κ3) is 23.6. The zero-order valence-electron chi connectivity index (χ0n) is 24.6. The third-order valence-electron chi connectivity index (χ3n) is 6.91. The Balaban J connectivity index is 4.63. The van der Waals surface area contributed by atoms with Crippen molar-refractivity contribution in [2.24, 2.45) is 0 Å². The van der Waals surface area contributed by atoms with Gasteiger partial charge in [-0.05, 0) is 38.8 Å². The summed E-state index contributed by atoms with van der Waals surface area (Å²) in [7, 11) is 0. The first-order chi connectivity index (χ1) is 18.8. The highest BCUT2D eigenvalue weighted by atomic mass is 16.6. The molecule has 0 bridgehead atoms. The molecule has 0 spiro atoms. The average molecular weight is 557 g/mol. The lowest BCUT2D eigenvalue weighted by atomic mass is 10.1. The Labute approximate surface area is 236 Å². The molecule has 9 heteroatoms. The van der Waals surface area contributed by atoms with Crippen molar-refractivity contribution in [3.63, 3.8) is 0 Å². The Morgan fingerprint density at radius 1 is 0.538 bits per heavy atom. The maximum atomic E-state index is 12.8. The molecular formula is C30H56N2O7. The maximum absolute atomic E-state index is 12.8. The van der Waals surface area contributed by atoms with Gasteiger partial charge >= 0.3 is 23.9 Å². The van der Waals surface area contributed by atoms with Crippen LogP contribution in [-0.4, -0.2) is 59.3 Å². The fraction of sp³-hybridized carbons (Fsp3) is 0.867. The van der Waals surface area contributed by atoms with Crippen LogP contribution in [0.3, 0.4) is 0 Å². The fourth-order valence-corrected chi connectivity index (χ4v) is 4.45. The van der Waals surface area contributed by atoms with Crippen molar-refractivity contribution in [1.29, 1.82) is 0 Å². The van der Waals surface area contributed by atoms with Gasteiger partial charge in [0.2, 0.25) is 0 Å². The molecule has 0 aliphatic carbocycles. The van der Waals surface area contributed by atoms with E-state index in [2.05, 4.69) is 24.5 Å². The summed E-state index contributed by atoms with van der Waals surface area (Å²) in [5.41, 5.74) is 0. The van der Waals surface area contributed by atoms with Gasteiger partial charge in [-0.3, -0.25) is 9.59 Å². The van der Waals surface area contributed by atoms with E-state index < -0.39 is 36.0 Å². The van der Waals surface area contributed by atoms with Gasteiger partial charge in [0.25, 0.3) is 0 Å². The monoisotopic (exact) mass is 556 g/mol. The zero-order valence-corrected chi connectivity index (χ0v) is 24.6. The average Bonchev–Trinajstić information content (AvgIpc) is 2.89. The van der Waals surface area contributed by atoms with E-state index in [1.807, 2.05) is 0 Å². The molecule has 0 amide bonds. The summed E-state index contributed by atoms with van der Waals surface area (Å²) in [6.07, 6.45) is 17.8. The van der Waals surface area contributed by atoms with Crippen LogP contribution in [0.2, 0.25) is 0 Å². The van der Waals surface area contributed by atoms with Crippen molar-refractivity contribution in [1.82, 2.24) is 10.6 Å². The summed E-state index contributed by atoms with van der Waals surface area (Å²) in [5.74, 6) is -3.68. The van der Waals surface area contributed by atoms with Gasteiger partial charge < -0.3 is 25.6 Å².